The van der Waals surface area contributed by atoms with Crippen LogP contribution >= 0.6 is 0 Å². The van der Waals surface area contributed by atoms with Crippen molar-refractivity contribution in [2.24, 2.45) is 0 Å². The number of hydrogen-bond donors (Lipinski definition) is 2. The van der Waals surface area contributed by atoms with Gasteiger partial charge in [0.15, 0.2) is 0 Å². The molecule has 0 fully saturated rings. The van der Waals surface area contributed by atoms with Gasteiger partial charge in [0, 0.05) is 25.3 Å². The van der Waals surface area contributed by atoms with Gasteiger partial charge in [-0.2, -0.15) is 0 Å². The zero-order valence-corrected chi connectivity index (χ0v) is 15.3. The molecular formula is C21H23N3O3. The van der Waals surface area contributed by atoms with E-state index in [-0.39, 0.29) is 11.5 Å². The molecule has 0 spiro atoms. The van der Waals surface area contributed by atoms with Gasteiger partial charge in [-0.25, -0.2) is 0 Å². The Hall–Kier alpha value is -3.28. The maximum absolute atomic E-state index is 12.3. The highest BCUT2D eigenvalue weighted by atomic mass is 16.3. The van der Waals surface area contributed by atoms with Crippen molar-refractivity contribution in [3.8, 4) is 11.5 Å². The molecule has 0 bridgehead atoms. The first-order valence-corrected chi connectivity index (χ1v) is 9.04. The van der Waals surface area contributed by atoms with E-state index in [1.165, 1.54) is 12.3 Å². The second-order valence-electron chi connectivity index (χ2n) is 6.12. The molecule has 3 rings (SSSR count). The predicted octanol–water partition coefficient (Wildman–Crippen LogP) is 3.28. The fourth-order valence-electron chi connectivity index (χ4n) is 2.90. The number of anilines is 1. The maximum Gasteiger partial charge on any atom is 0.261 e. The Labute approximate surface area is 157 Å². The molecule has 0 saturated carbocycles. The largest absolute Gasteiger partial charge is 0.463 e. The normalized spacial score (nSPS) is 10.6. The summed E-state index contributed by atoms with van der Waals surface area (Å²) in [4.78, 5) is 29.4. The van der Waals surface area contributed by atoms with Gasteiger partial charge in [0.05, 0.1) is 12.0 Å². The van der Waals surface area contributed by atoms with Crippen molar-refractivity contribution in [2.75, 3.05) is 24.5 Å². The Bertz CT molecular complexity index is 917. The van der Waals surface area contributed by atoms with E-state index >= 15 is 0 Å². The monoisotopic (exact) mass is 365 g/mol. The van der Waals surface area contributed by atoms with Gasteiger partial charge in [0.25, 0.3) is 11.5 Å². The molecule has 2 aromatic heterocycles. The summed E-state index contributed by atoms with van der Waals surface area (Å²) < 4.78 is 5.25. The summed E-state index contributed by atoms with van der Waals surface area (Å²) in [5.74, 6) is 0.185. The molecule has 0 saturated heterocycles. The van der Waals surface area contributed by atoms with E-state index in [9.17, 15) is 9.59 Å². The summed E-state index contributed by atoms with van der Waals surface area (Å²) >= 11 is 0. The van der Waals surface area contributed by atoms with Crippen LogP contribution in [-0.4, -0.2) is 30.5 Å². The second kappa shape index (κ2) is 8.89. The summed E-state index contributed by atoms with van der Waals surface area (Å²) in [6, 6.07) is 16.8. The molecule has 1 amide bonds. The van der Waals surface area contributed by atoms with Gasteiger partial charge < -0.3 is 19.6 Å². The third-order valence-electron chi connectivity index (χ3n) is 4.33. The van der Waals surface area contributed by atoms with Crippen molar-refractivity contribution in [1.29, 1.82) is 0 Å². The molecule has 0 atom stereocenters. The van der Waals surface area contributed by atoms with Crippen LogP contribution in [0.5, 0.6) is 0 Å². The number of carbonyl (C=O) groups is 1. The Morgan fingerprint density at radius 1 is 1.11 bits per heavy atom. The molecule has 0 aliphatic rings. The molecule has 1 aromatic carbocycles. The molecule has 0 unspecified atom stereocenters. The molecule has 0 radical (unpaired) electrons. The molecule has 6 nitrogen and oxygen atoms in total. The number of benzene rings is 1. The van der Waals surface area contributed by atoms with Crippen molar-refractivity contribution < 1.29 is 9.21 Å². The molecule has 2 N–H and O–H groups in total. The van der Waals surface area contributed by atoms with E-state index in [4.69, 9.17) is 4.42 Å². The van der Waals surface area contributed by atoms with Crippen LogP contribution in [0.3, 0.4) is 0 Å². The van der Waals surface area contributed by atoms with Crippen LogP contribution in [0.4, 0.5) is 5.69 Å². The number of para-hydroxylation sites is 1. The number of rotatable bonds is 8. The number of furan rings is 1. The Balaban J connectivity index is 1.53. The fourth-order valence-corrected chi connectivity index (χ4v) is 2.90. The van der Waals surface area contributed by atoms with Crippen molar-refractivity contribution in [3.05, 3.63) is 76.8 Å². The number of H-pyrrole nitrogens is 1. The number of amides is 1. The summed E-state index contributed by atoms with van der Waals surface area (Å²) in [5.41, 5.74) is 1.38. The van der Waals surface area contributed by atoms with E-state index in [1.54, 1.807) is 18.2 Å². The standard InChI is InChI=1S/C21H23N3O3/c1-2-24(16-8-4-3-5-9-16)14-7-13-22-20(25)17-11-12-18(23-21(17)26)19-10-6-15-27-19/h3-6,8-12,15H,2,7,13-14H2,1H3,(H,22,25)(H,23,26). The minimum Gasteiger partial charge on any atom is -0.463 e. The lowest BCUT2D eigenvalue weighted by Crippen LogP contribution is -2.32. The molecular weight excluding hydrogens is 342 g/mol. The van der Waals surface area contributed by atoms with Crippen molar-refractivity contribution in [1.82, 2.24) is 10.3 Å². The van der Waals surface area contributed by atoms with Crippen molar-refractivity contribution in [3.63, 3.8) is 0 Å². The highest BCUT2D eigenvalue weighted by molar-refractivity contribution is 5.94. The van der Waals surface area contributed by atoms with Crippen LogP contribution < -0.4 is 15.8 Å². The summed E-state index contributed by atoms with van der Waals surface area (Å²) in [5, 5.41) is 2.82. The molecule has 27 heavy (non-hydrogen) atoms. The topological polar surface area (TPSA) is 78.3 Å². The van der Waals surface area contributed by atoms with E-state index in [0.717, 1.165) is 25.2 Å². The average molecular weight is 365 g/mol. The van der Waals surface area contributed by atoms with E-state index in [0.29, 0.717) is 18.0 Å². The number of aromatic nitrogens is 1. The average Bonchev–Trinajstić information content (AvgIpc) is 3.23. The first-order chi connectivity index (χ1) is 13.2. The Morgan fingerprint density at radius 3 is 2.59 bits per heavy atom. The first-order valence-electron chi connectivity index (χ1n) is 9.04. The number of nitrogens with one attached hydrogen (secondary N) is 2. The Kier molecular flexibility index (Phi) is 6.10. The van der Waals surface area contributed by atoms with Crippen LogP contribution in [0.2, 0.25) is 0 Å². The lowest BCUT2D eigenvalue weighted by molar-refractivity contribution is 0.0952. The second-order valence-corrected chi connectivity index (χ2v) is 6.12. The van der Waals surface area contributed by atoms with Crippen LogP contribution in [0, 0.1) is 0 Å². The van der Waals surface area contributed by atoms with Gasteiger partial charge in [-0.05, 0) is 49.7 Å². The minimum absolute atomic E-state index is 0.0979. The van der Waals surface area contributed by atoms with Crippen molar-refractivity contribution >= 4 is 11.6 Å². The van der Waals surface area contributed by atoms with Crippen LogP contribution in [0.15, 0.2) is 70.1 Å². The van der Waals surface area contributed by atoms with Crippen LogP contribution in [0.1, 0.15) is 23.7 Å². The zero-order valence-electron chi connectivity index (χ0n) is 15.3. The lowest BCUT2D eigenvalue weighted by Gasteiger charge is -2.23. The van der Waals surface area contributed by atoms with Crippen LogP contribution in [0.25, 0.3) is 11.5 Å². The molecule has 0 aliphatic carbocycles. The zero-order chi connectivity index (χ0) is 19.1. The summed E-state index contributed by atoms with van der Waals surface area (Å²) in [6.07, 6.45) is 2.32. The predicted molar refractivity (Wildman–Crippen MR) is 106 cm³/mol. The number of pyridine rings is 1. The van der Waals surface area contributed by atoms with E-state index in [2.05, 4.69) is 34.3 Å². The van der Waals surface area contributed by atoms with Gasteiger partial charge in [0.2, 0.25) is 0 Å². The fraction of sp³-hybridized carbons (Fsp3) is 0.238. The first kappa shape index (κ1) is 18.5. The molecule has 140 valence electrons. The van der Waals surface area contributed by atoms with E-state index in [1.807, 2.05) is 18.2 Å². The van der Waals surface area contributed by atoms with Gasteiger partial charge >= 0.3 is 0 Å². The maximum atomic E-state index is 12.3. The molecule has 3 aromatic rings. The molecule has 6 heteroatoms. The quantitative estimate of drug-likeness (QED) is 0.601. The van der Waals surface area contributed by atoms with Crippen LogP contribution in [-0.2, 0) is 0 Å². The highest BCUT2D eigenvalue weighted by Gasteiger charge is 2.12. The number of hydrogen-bond acceptors (Lipinski definition) is 4. The summed E-state index contributed by atoms with van der Waals surface area (Å²) in [7, 11) is 0. The lowest BCUT2D eigenvalue weighted by atomic mass is 10.2. The SMILES string of the molecule is CCN(CCCNC(=O)c1ccc(-c2ccco2)[nH]c1=O)c1ccccc1. The van der Waals surface area contributed by atoms with Gasteiger partial charge in [-0.3, -0.25) is 9.59 Å². The van der Waals surface area contributed by atoms with Crippen molar-refractivity contribution in [2.45, 2.75) is 13.3 Å². The molecule has 0 aliphatic heterocycles. The third-order valence-corrected chi connectivity index (χ3v) is 4.33. The molecule has 2 heterocycles. The van der Waals surface area contributed by atoms with Gasteiger partial charge in [-0.15, -0.1) is 0 Å². The minimum atomic E-state index is -0.430. The Morgan fingerprint density at radius 2 is 1.93 bits per heavy atom. The number of aromatic amines is 1. The third kappa shape index (κ3) is 4.67. The van der Waals surface area contributed by atoms with Gasteiger partial charge in [-0.1, -0.05) is 18.2 Å². The summed E-state index contributed by atoms with van der Waals surface area (Å²) in [6.45, 7) is 4.33. The number of carbonyl (C=O) groups excluding carboxylic acids is 1. The van der Waals surface area contributed by atoms with E-state index < -0.39 is 5.56 Å². The number of nitrogens with zero attached hydrogens (tertiary/aromatic N) is 1. The van der Waals surface area contributed by atoms with Gasteiger partial charge in [0.1, 0.15) is 11.3 Å². The highest BCUT2D eigenvalue weighted by Crippen LogP contribution is 2.15. The smallest absolute Gasteiger partial charge is 0.261 e.